The summed E-state index contributed by atoms with van der Waals surface area (Å²) in [5.74, 6) is 0.875. The van der Waals surface area contributed by atoms with Crippen LogP contribution in [0.4, 0.5) is 0 Å². The molecule has 1 N–H and O–H groups in total. The molecule has 1 amide bonds. The Bertz CT molecular complexity index is 201. The van der Waals surface area contributed by atoms with Crippen molar-refractivity contribution in [3.05, 3.63) is 0 Å². The molecular formula is C11H21NO2. The average Bonchev–Trinajstić information content (AvgIpc) is 2.26. The number of hydrogen-bond acceptors (Lipinski definition) is 2. The van der Waals surface area contributed by atoms with Gasteiger partial charge >= 0.3 is 0 Å². The maximum atomic E-state index is 11.8. The van der Waals surface area contributed by atoms with Gasteiger partial charge in [-0.2, -0.15) is 0 Å². The van der Waals surface area contributed by atoms with Crippen molar-refractivity contribution in [2.45, 2.75) is 33.8 Å². The maximum Gasteiger partial charge on any atom is 0.226 e. The first-order valence-electron chi connectivity index (χ1n) is 5.43. The first-order chi connectivity index (χ1) is 6.54. The Balaban J connectivity index is 2.81. The van der Waals surface area contributed by atoms with Gasteiger partial charge in [-0.3, -0.25) is 4.79 Å². The fourth-order valence-electron chi connectivity index (χ4n) is 2.03. The number of carbonyl (C=O) groups excluding carboxylic acids is 1. The zero-order valence-electron chi connectivity index (χ0n) is 9.54. The van der Waals surface area contributed by atoms with Crippen LogP contribution in [0.25, 0.3) is 0 Å². The fourth-order valence-corrected chi connectivity index (χ4v) is 2.03. The van der Waals surface area contributed by atoms with Crippen LogP contribution in [0.5, 0.6) is 0 Å². The van der Waals surface area contributed by atoms with Crippen LogP contribution in [0.2, 0.25) is 0 Å². The van der Waals surface area contributed by atoms with Crippen LogP contribution in [-0.2, 0) is 9.53 Å². The predicted molar refractivity (Wildman–Crippen MR) is 55.9 cm³/mol. The van der Waals surface area contributed by atoms with Crippen molar-refractivity contribution in [1.29, 1.82) is 0 Å². The molecule has 3 heteroatoms. The second-order valence-corrected chi connectivity index (χ2v) is 4.64. The molecule has 82 valence electrons. The zero-order valence-corrected chi connectivity index (χ0v) is 9.54. The highest BCUT2D eigenvalue weighted by molar-refractivity contribution is 5.79. The molecule has 0 saturated carbocycles. The van der Waals surface area contributed by atoms with Crippen LogP contribution in [0.3, 0.4) is 0 Å². The van der Waals surface area contributed by atoms with Gasteiger partial charge in [-0.1, -0.05) is 27.7 Å². The Labute approximate surface area is 86.2 Å². The summed E-state index contributed by atoms with van der Waals surface area (Å²) >= 11 is 0. The molecule has 1 rings (SSSR count). The van der Waals surface area contributed by atoms with E-state index < -0.39 is 0 Å². The smallest absolute Gasteiger partial charge is 0.226 e. The van der Waals surface area contributed by atoms with Gasteiger partial charge < -0.3 is 10.1 Å². The SMILES string of the molecule is CC(C)C1OCCNC(=O)C1C(C)C. The lowest BCUT2D eigenvalue weighted by molar-refractivity contribution is -0.130. The highest BCUT2D eigenvalue weighted by atomic mass is 16.5. The highest BCUT2D eigenvalue weighted by Gasteiger charge is 2.35. The third kappa shape index (κ3) is 2.47. The molecule has 0 aromatic heterocycles. The van der Waals surface area contributed by atoms with Gasteiger partial charge in [0.25, 0.3) is 0 Å². The van der Waals surface area contributed by atoms with Gasteiger partial charge in [-0.05, 0) is 11.8 Å². The van der Waals surface area contributed by atoms with E-state index in [-0.39, 0.29) is 17.9 Å². The third-order valence-corrected chi connectivity index (χ3v) is 2.74. The molecule has 1 fully saturated rings. The van der Waals surface area contributed by atoms with Gasteiger partial charge in [0.2, 0.25) is 5.91 Å². The molecule has 1 aliphatic heterocycles. The van der Waals surface area contributed by atoms with E-state index in [0.29, 0.717) is 25.0 Å². The third-order valence-electron chi connectivity index (χ3n) is 2.74. The van der Waals surface area contributed by atoms with E-state index in [1.54, 1.807) is 0 Å². The normalized spacial score (nSPS) is 29.1. The van der Waals surface area contributed by atoms with E-state index in [1.165, 1.54) is 0 Å². The molecule has 0 aromatic rings. The molecule has 0 spiro atoms. The largest absolute Gasteiger partial charge is 0.375 e. The molecule has 2 atom stereocenters. The van der Waals surface area contributed by atoms with Crippen LogP contribution in [0, 0.1) is 17.8 Å². The Kier molecular flexibility index (Phi) is 3.93. The molecule has 0 radical (unpaired) electrons. The average molecular weight is 199 g/mol. The molecule has 1 aliphatic rings. The molecule has 2 unspecified atom stereocenters. The summed E-state index contributed by atoms with van der Waals surface area (Å²) in [7, 11) is 0. The van der Waals surface area contributed by atoms with E-state index in [4.69, 9.17) is 4.74 Å². The van der Waals surface area contributed by atoms with Gasteiger partial charge in [0.1, 0.15) is 0 Å². The van der Waals surface area contributed by atoms with Crippen LogP contribution >= 0.6 is 0 Å². The van der Waals surface area contributed by atoms with E-state index in [9.17, 15) is 4.79 Å². The van der Waals surface area contributed by atoms with E-state index in [0.717, 1.165) is 0 Å². The number of ether oxygens (including phenoxy) is 1. The number of nitrogens with one attached hydrogen (secondary N) is 1. The molecule has 0 bridgehead atoms. The minimum Gasteiger partial charge on any atom is -0.375 e. The quantitative estimate of drug-likeness (QED) is 0.730. The minimum atomic E-state index is -0.00231. The van der Waals surface area contributed by atoms with Crippen molar-refractivity contribution in [3.8, 4) is 0 Å². The second kappa shape index (κ2) is 4.78. The zero-order chi connectivity index (χ0) is 10.7. The first-order valence-corrected chi connectivity index (χ1v) is 5.43. The molecule has 3 nitrogen and oxygen atoms in total. The van der Waals surface area contributed by atoms with E-state index in [1.807, 2.05) is 0 Å². The Morgan fingerprint density at radius 1 is 1.29 bits per heavy atom. The van der Waals surface area contributed by atoms with Gasteiger partial charge in [-0.15, -0.1) is 0 Å². The Morgan fingerprint density at radius 2 is 1.93 bits per heavy atom. The lowest BCUT2D eigenvalue weighted by atomic mass is 9.84. The standard InChI is InChI=1S/C11H21NO2/c1-7(2)9-10(8(3)4)14-6-5-12-11(9)13/h7-10H,5-6H2,1-4H3,(H,12,13). The molecule has 0 aliphatic carbocycles. The fraction of sp³-hybridized carbons (Fsp3) is 0.909. The molecule has 1 saturated heterocycles. The highest BCUT2D eigenvalue weighted by Crippen LogP contribution is 2.25. The van der Waals surface area contributed by atoms with Gasteiger partial charge in [-0.25, -0.2) is 0 Å². The van der Waals surface area contributed by atoms with Gasteiger partial charge in [0.05, 0.1) is 18.6 Å². The number of rotatable bonds is 2. The summed E-state index contributed by atoms with van der Waals surface area (Å²) in [6.45, 7) is 9.66. The van der Waals surface area contributed by atoms with Crippen molar-refractivity contribution in [2.24, 2.45) is 17.8 Å². The predicted octanol–water partition coefficient (Wildman–Crippen LogP) is 1.43. The number of hydrogen-bond donors (Lipinski definition) is 1. The monoisotopic (exact) mass is 199 g/mol. The van der Waals surface area contributed by atoms with Crippen LogP contribution < -0.4 is 5.32 Å². The molecular weight excluding hydrogens is 178 g/mol. The first kappa shape index (κ1) is 11.5. The Morgan fingerprint density at radius 3 is 2.43 bits per heavy atom. The summed E-state index contributed by atoms with van der Waals surface area (Å²) in [4.78, 5) is 11.8. The van der Waals surface area contributed by atoms with E-state index in [2.05, 4.69) is 33.0 Å². The van der Waals surface area contributed by atoms with Crippen molar-refractivity contribution >= 4 is 5.91 Å². The van der Waals surface area contributed by atoms with Gasteiger partial charge in [0.15, 0.2) is 0 Å². The summed E-state index contributed by atoms with van der Waals surface area (Å²) < 4.78 is 5.73. The van der Waals surface area contributed by atoms with Crippen molar-refractivity contribution < 1.29 is 9.53 Å². The summed E-state index contributed by atoms with van der Waals surface area (Å²) in [5.41, 5.74) is 0. The van der Waals surface area contributed by atoms with Crippen LogP contribution in [-0.4, -0.2) is 25.2 Å². The number of amides is 1. The van der Waals surface area contributed by atoms with Crippen molar-refractivity contribution in [3.63, 3.8) is 0 Å². The minimum absolute atomic E-state index is 0.00231. The number of carbonyl (C=O) groups is 1. The van der Waals surface area contributed by atoms with Crippen molar-refractivity contribution in [1.82, 2.24) is 5.32 Å². The van der Waals surface area contributed by atoms with Crippen LogP contribution in [0.1, 0.15) is 27.7 Å². The lowest BCUT2D eigenvalue weighted by Gasteiger charge is -2.29. The van der Waals surface area contributed by atoms with Crippen LogP contribution in [0.15, 0.2) is 0 Å². The molecule has 0 aromatic carbocycles. The molecule has 1 heterocycles. The Hall–Kier alpha value is -0.570. The summed E-state index contributed by atoms with van der Waals surface area (Å²) in [6.07, 6.45) is 0.0671. The van der Waals surface area contributed by atoms with E-state index >= 15 is 0 Å². The maximum absolute atomic E-state index is 11.8. The summed E-state index contributed by atoms with van der Waals surface area (Å²) in [5, 5.41) is 2.90. The van der Waals surface area contributed by atoms with Gasteiger partial charge in [0, 0.05) is 6.54 Å². The topological polar surface area (TPSA) is 38.3 Å². The second-order valence-electron chi connectivity index (χ2n) is 4.64. The lowest BCUT2D eigenvalue weighted by Crippen LogP contribution is -2.40. The molecule has 14 heavy (non-hydrogen) atoms. The summed E-state index contributed by atoms with van der Waals surface area (Å²) in [6, 6.07) is 0. The van der Waals surface area contributed by atoms with Crippen molar-refractivity contribution in [2.75, 3.05) is 13.2 Å².